The van der Waals surface area contributed by atoms with E-state index in [1.54, 1.807) is 6.92 Å². The summed E-state index contributed by atoms with van der Waals surface area (Å²) < 4.78 is 27.3. The molecule has 1 aromatic rings. The molecule has 0 aliphatic carbocycles. The minimum Gasteiger partial charge on any atom is -0.478 e. The van der Waals surface area contributed by atoms with Crippen LogP contribution in [0.1, 0.15) is 43.1 Å². The molecule has 0 saturated carbocycles. The Balaban J connectivity index is 3.55. The van der Waals surface area contributed by atoms with Crippen molar-refractivity contribution in [3.63, 3.8) is 0 Å². The molecule has 0 spiro atoms. The van der Waals surface area contributed by atoms with Crippen LogP contribution in [0.25, 0.3) is 0 Å². The van der Waals surface area contributed by atoms with Crippen LogP contribution in [0.2, 0.25) is 0 Å². The molecule has 0 atom stereocenters. The third-order valence-corrected chi connectivity index (χ3v) is 6.92. The van der Waals surface area contributed by atoms with Crippen molar-refractivity contribution in [1.29, 1.82) is 0 Å². The number of halogens is 1. The third kappa shape index (κ3) is 3.46. The van der Waals surface area contributed by atoms with Gasteiger partial charge in [-0.1, -0.05) is 22.9 Å². The number of rotatable bonds is 5. The van der Waals surface area contributed by atoms with Gasteiger partial charge in [-0.3, -0.25) is 0 Å². The van der Waals surface area contributed by atoms with Gasteiger partial charge in [0, 0.05) is 17.1 Å². The van der Waals surface area contributed by atoms with Crippen molar-refractivity contribution in [2.75, 3.05) is 7.05 Å². The van der Waals surface area contributed by atoms with E-state index in [0.29, 0.717) is 16.5 Å². The Kier molecular flexibility index (Phi) is 5.23. The molecule has 0 radical (unpaired) electrons. The largest absolute Gasteiger partial charge is 0.478 e. The van der Waals surface area contributed by atoms with Crippen LogP contribution in [0.4, 0.5) is 0 Å². The maximum atomic E-state index is 12.8. The molecule has 0 aromatic heterocycles. The zero-order valence-electron chi connectivity index (χ0n) is 12.8. The van der Waals surface area contributed by atoms with Crippen LogP contribution in [0, 0.1) is 6.92 Å². The van der Waals surface area contributed by atoms with Crippen molar-refractivity contribution in [2.45, 2.75) is 44.6 Å². The molecule has 1 N–H and O–H groups in total. The lowest BCUT2D eigenvalue weighted by Crippen LogP contribution is -2.44. The highest BCUT2D eigenvalue weighted by molar-refractivity contribution is 9.10. The summed E-state index contributed by atoms with van der Waals surface area (Å²) in [5, 5.41) is 9.11. The molecule has 0 saturated heterocycles. The fourth-order valence-corrected chi connectivity index (χ4v) is 4.18. The Hall–Kier alpha value is -0.920. The molecule has 0 heterocycles. The lowest BCUT2D eigenvalue weighted by molar-refractivity contribution is 0.0696. The first-order chi connectivity index (χ1) is 9.45. The highest BCUT2D eigenvalue weighted by Gasteiger charge is 2.34. The smallest absolute Gasteiger partial charge is 0.335 e. The summed E-state index contributed by atoms with van der Waals surface area (Å²) >= 11 is 3.23. The molecule has 7 heteroatoms. The number of carboxylic acid groups (broad SMARTS) is 1. The van der Waals surface area contributed by atoms with Crippen molar-refractivity contribution >= 4 is 31.9 Å². The highest BCUT2D eigenvalue weighted by Crippen LogP contribution is 2.31. The summed E-state index contributed by atoms with van der Waals surface area (Å²) in [7, 11) is -2.26. The Morgan fingerprint density at radius 3 is 2.33 bits per heavy atom. The summed E-state index contributed by atoms with van der Waals surface area (Å²) in [4.78, 5) is 11.1. The number of hydrogen-bond acceptors (Lipinski definition) is 3. The van der Waals surface area contributed by atoms with Crippen LogP contribution >= 0.6 is 15.9 Å². The monoisotopic (exact) mass is 377 g/mol. The Bertz CT molecular complexity index is 668. The van der Waals surface area contributed by atoms with Crippen molar-refractivity contribution in [3.8, 4) is 0 Å². The van der Waals surface area contributed by atoms with Crippen LogP contribution in [0.15, 0.2) is 21.5 Å². The van der Waals surface area contributed by atoms with E-state index in [-0.39, 0.29) is 10.5 Å². The van der Waals surface area contributed by atoms with Gasteiger partial charge in [-0.05, 0) is 44.9 Å². The summed E-state index contributed by atoms with van der Waals surface area (Å²) in [5.74, 6) is -1.16. The van der Waals surface area contributed by atoms with Crippen molar-refractivity contribution in [2.24, 2.45) is 0 Å². The fraction of sp³-hybridized carbons (Fsp3) is 0.500. The minimum atomic E-state index is -3.78. The van der Waals surface area contributed by atoms with E-state index in [1.807, 2.05) is 20.8 Å². The number of carbonyl (C=O) groups is 1. The van der Waals surface area contributed by atoms with E-state index in [4.69, 9.17) is 5.11 Å². The number of carboxylic acids is 1. The second-order valence-corrected chi connectivity index (χ2v) is 8.32. The van der Waals surface area contributed by atoms with Gasteiger partial charge in [0.1, 0.15) is 0 Å². The van der Waals surface area contributed by atoms with Gasteiger partial charge in [-0.15, -0.1) is 0 Å². The Labute approximate surface area is 134 Å². The minimum absolute atomic E-state index is 0.0123. The van der Waals surface area contributed by atoms with Gasteiger partial charge in [-0.2, -0.15) is 4.31 Å². The standard InChI is InChI=1S/C14H20BrNO4S/c1-6-14(3,4)16(5)21(19,20)12-8-10(13(17)18)7-11(15)9(12)2/h7-8H,6H2,1-5H3,(H,17,18). The van der Waals surface area contributed by atoms with Gasteiger partial charge in [0.05, 0.1) is 10.5 Å². The van der Waals surface area contributed by atoms with E-state index in [1.165, 1.54) is 23.5 Å². The predicted molar refractivity (Wildman–Crippen MR) is 85.2 cm³/mol. The first-order valence-corrected chi connectivity index (χ1v) is 8.71. The lowest BCUT2D eigenvalue weighted by atomic mass is 10.0. The SMILES string of the molecule is CCC(C)(C)N(C)S(=O)(=O)c1cc(C(=O)O)cc(Br)c1C. The second kappa shape index (κ2) is 6.06. The van der Waals surface area contributed by atoms with E-state index >= 15 is 0 Å². The first kappa shape index (κ1) is 18.1. The maximum Gasteiger partial charge on any atom is 0.335 e. The zero-order valence-corrected chi connectivity index (χ0v) is 15.2. The van der Waals surface area contributed by atoms with E-state index < -0.39 is 21.5 Å². The van der Waals surface area contributed by atoms with Crippen LogP contribution in [0.3, 0.4) is 0 Å². The van der Waals surface area contributed by atoms with Gasteiger partial charge < -0.3 is 5.11 Å². The van der Waals surface area contributed by atoms with E-state index in [2.05, 4.69) is 15.9 Å². The number of hydrogen-bond donors (Lipinski definition) is 1. The molecule has 1 aromatic carbocycles. The number of nitrogens with zero attached hydrogens (tertiary/aromatic N) is 1. The number of aromatic carboxylic acids is 1. The van der Waals surface area contributed by atoms with Crippen molar-refractivity contribution < 1.29 is 18.3 Å². The van der Waals surface area contributed by atoms with Crippen molar-refractivity contribution in [1.82, 2.24) is 4.31 Å². The molecular formula is C14H20BrNO4S. The molecule has 1 rings (SSSR count). The maximum absolute atomic E-state index is 12.8. The van der Waals surface area contributed by atoms with Gasteiger partial charge in [0.2, 0.25) is 10.0 Å². The molecule has 0 bridgehead atoms. The second-order valence-electron chi connectivity index (χ2n) is 5.52. The van der Waals surface area contributed by atoms with Crippen LogP contribution in [-0.2, 0) is 10.0 Å². The van der Waals surface area contributed by atoms with Crippen LogP contribution in [-0.4, -0.2) is 36.4 Å². The van der Waals surface area contributed by atoms with Gasteiger partial charge in [-0.25, -0.2) is 13.2 Å². The molecule has 0 amide bonds. The quantitative estimate of drug-likeness (QED) is 0.854. The van der Waals surface area contributed by atoms with Gasteiger partial charge >= 0.3 is 5.97 Å². The fourth-order valence-electron chi connectivity index (χ4n) is 1.74. The Morgan fingerprint density at radius 1 is 1.38 bits per heavy atom. The number of sulfonamides is 1. The third-order valence-electron chi connectivity index (χ3n) is 3.90. The molecule has 0 fully saturated rings. The summed E-state index contributed by atoms with van der Waals surface area (Å²) in [6, 6.07) is 2.61. The summed E-state index contributed by atoms with van der Waals surface area (Å²) in [6.07, 6.45) is 0.640. The Morgan fingerprint density at radius 2 is 1.90 bits per heavy atom. The first-order valence-electron chi connectivity index (χ1n) is 6.47. The summed E-state index contributed by atoms with van der Waals surface area (Å²) in [6.45, 7) is 7.21. The molecule has 5 nitrogen and oxygen atoms in total. The lowest BCUT2D eigenvalue weighted by Gasteiger charge is -2.34. The average Bonchev–Trinajstić information content (AvgIpc) is 2.40. The predicted octanol–water partition coefficient (Wildman–Crippen LogP) is 3.26. The molecule has 0 aliphatic heterocycles. The van der Waals surface area contributed by atoms with Gasteiger partial charge in [0.25, 0.3) is 0 Å². The molecular weight excluding hydrogens is 358 g/mol. The summed E-state index contributed by atoms with van der Waals surface area (Å²) in [5.41, 5.74) is -0.121. The zero-order chi connectivity index (χ0) is 16.6. The number of benzene rings is 1. The average molecular weight is 378 g/mol. The molecule has 118 valence electrons. The topological polar surface area (TPSA) is 74.7 Å². The van der Waals surface area contributed by atoms with E-state index in [9.17, 15) is 13.2 Å². The van der Waals surface area contributed by atoms with Crippen LogP contribution in [0.5, 0.6) is 0 Å². The molecule has 21 heavy (non-hydrogen) atoms. The van der Waals surface area contributed by atoms with E-state index in [0.717, 1.165) is 0 Å². The molecule has 0 aliphatic rings. The molecule has 0 unspecified atom stereocenters. The van der Waals surface area contributed by atoms with Crippen molar-refractivity contribution in [3.05, 3.63) is 27.7 Å². The normalized spacial score (nSPS) is 12.7. The highest BCUT2D eigenvalue weighted by atomic mass is 79.9. The van der Waals surface area contributed by atoms with Crippen LogP contribution < -0.4 is 0 Å². The van der Waals surface area contributed by atoms with Gasteiger partial charge in [0.15, 0.2) is 0 Å².